The molecule has 0 spiro atoms. The number of rotatable bonds is 5. The highest BCUT2D eigenvalue weighted by Crippen LogP contribution is 2.30. The molecule has 2 aromatic rings. The number of alkyl halides is 3. The van der Waals surface area contributed by atoms with Crippen molar-refractivity contribution in [2.24, 2.45) is 0 Å². The maximum Gasteiger partial charge on any atom is 0.416 e. The van der Waals surface area contributed by atoms with Crippen molar-refractivity contribution in [3.63, 3.8) is 0 Å². The molecule has 0 radical (unpaired) electrons. The van der Waals surface area contributed by atoms with E-state index >= 15 is 0 Å². The van der Waals surface area contributed by atoms with E-state index in [0.29, 0.717) is 5.56 Å². The molecular weight excluding hydrogens is 369 g/mol. The zero-order valence-electron chi connectivity index (χ0n) is 14.0. The van der Waals surface area contributed by atoms with Gasteiger partial charge in [0.25, 0.3) is 5.91 Å². The number of anilines is 1. The van der Waals surface area contributed by atoms with Gasteiger partial charge in [-0.2, -0.15) is 13.2 Å². The monoisotopic (exact) mass is 386 g/mol. The fourth-order valence-electron chi connectivity index (χ4n) is 2.29. The van der Waals surface area contributed by atoms with Gasteiger partial charge in [-0.3, -0.25) is 9.52 Å². The summed E-state index contributed by atoms with van der Waals surface area (Å²) in [5.74, 6) is -0.552. The topological polar surface area (TPSA) is 75.3 Å². The summed E-state index contributed by atoms with van der Waals surface area (Å²) in [5, 5.41) is 2.64. The average molecular weight is 386 g/mol. The first-order chi connectivity index (χ1) is 12.0. The number of amides is 1. The third kappa shape index (κ3) is 5.22. The van der Waals surface area contributed by atoms with Crippen molar-refractivity contribution in [1.29, 1.82) is 0 Å². The standard InChI is InChI=1S/C17H17F3N2O3S/c1-11(12-7-9-13(10-8-12)17(18,19)20)21-16(23)14-5-3-4-6-15(14)22-26(2,24)25/h3-11,22H,1-2H3,(H,21,23)/t11-/m1/s1. The van der Waals surface area contributed by atoms with Crippen LogP contribution in [0.1, 0.15) is 34.5 Å². The van der Waals surface area contributed by atoms with Crippen LogP contribution in [-0.4, -0.2) is 20.6 Å². The fourth-order valence-corrected chi connectivity index (χ4v) is 2.87. The molecule has 2 aromatic carbocycles. The Kier molecular flexibility index (Phi) is 5.60. The Morgan fingerprint density at radius 3 is 2.15 bits per heavy atom. The molecule has 0 saturated heterocycles. The Balaban J connectivity index is 2.17. The molecule has 0 aliphatic carbocycles. The third-order valence-electron chi connectivity index (χ3n) is 3.55. The summed E-state index contributed by atoms with van der Waals surface area (Å²) in [5.41, 5.74) is -0.0637. The molecule has 9 heteroatoms. The molecule has 0 saturated carbocycles. The Bertz CT molecular complexity index is 894. The lowest BCUT2D eigenvalue weighted by Gasteiger charge is -2.17. The highest BCUT2D eigenvalue weighted by Gasteiger charge is 2.30. The van der Waals surface area contributed by atoms with E-state index in [1.165, 1.54) is 24.3 Å². The molecule has 140 valence electrons. The molecule has 2 rings (SSSR count). The molecular formula is C17H17F3N2O3S. The van der Waals surface area contributed by atoms with E-state index in [4.69, 9.17) is 0 Å². The van der Waals surface area contributed by atoms with Gasteiger partial charge in [-0.1, -0.05) is 24.3 Å². The molecule has 0 aliphatic rings. The zero-order valence-corrected chi connectivity index (χ0v) is 14.8. The minimum atomic E-state index is -4.43. The summed E-state index contributed by atoms with van der Waals surface area (Å²) in [4.78, 5) is 12.4. The van der Waals surface area contributed by atoms with Crippen molar-refractivity contribution in [3.8, 4) is 0 Å². The van der Waals surface area contributed by atoms with Gasteiger partial charge in [0.05, 0.1) is 29.1 Å². The second kappa shape index (κ2) is 7.36. The lowest BCUT2D eigenvalue weighted by molar-refractivity contribution is -0.137. The number of sulfonamides is 1. The van der Waals surface area contributed by atoms with Crippen molar-refractivity contribution < 1.29 is 26.4 Å². The maximum absolute atomic E-state index is 12.6. The summed E-state index contributed by atoms with van der Waals surface area (Å²) in [6.45, 7) is 1.62. The van der Waals surface area contributed by atoms with E-state index in [0.717, 1.165) is 18.4 Å². The molecule has 26 heavy (non-hydrogen) atoms. The predicted molar refractivity (Wildman–Crippen MR) is 92.2 cm³/mol. The molecule has 0 fully saturated rings. The first-order valence-corrected chi connectivity index (χ1v) is 9.41. The zero-order chi connectivity index (χ0) is 19.5. The van der Waals surface area contributed by atoms with Crippen molar-refractivity contribution in [3.05, 3.63) is 65.2 Å². The quantitative estimate of drug-likeness (QED) is 0.825. The highest BCUT2D eigenvalue weighted by atomic mass is 32.2. The molecule has 1 atom stereocenters. The van der Waals surface area contributed by atoms with Gasteiger partial charge in [-0.05, 0) is 36.8 Å². The Hall–Kier alpha value is -2.55. The average Bonchev–Trinajstić information content (AvgIpc) is 2.53. The van der Waals surface area contributed by atoms with Crippen LogP contribution in [0.5, 0.6) is 0 Å². The number of hydrogen-bond acceptors (Lipinski definition) is 3. The summed E-state index contributed by atoms with van der Waals surface area (Å²) in [7, 11) is -3.57. The number of carbonyl (C=O) groups is 1. The van der Waals surface area contributed by atoms with Crippen LogP contribution in [0.3, 0.4) is 0 Å². The largest absolute Gasteiger partial charge is 0.416 e. The van der Waals surface area contributed by atoms with Gasteiger partial charge >= 0.3 is 6.18 Å². The Labute approximate surface area is 149 Å². The minimum Gasteiger partial charge on any atom is -0.345 e. The molecule has 0 aromatic heterocycles. The Morgan fingerprint density at radius 2 is 1.62 bits per heavy atom. The molecule has 2 N–H and O–H groups in total. The smallest absolute Gasteiger partial charge is 0.345 e. The number of para-hydroxylation sites is 1. The maximum atomic E-state index is 12.6. The predicted octanol–water partition coefficient (Wildman–Crippen LogP) is 3.57. The number of halogens is 3. The van der Waals surface area contributed by atoms with Gasteiger partial charge in [-0.25, -0.2) is 8.42 Å². The van der Waals surface area contributed by atoms with Gasteiger partial charge in [0, 0.05) is 0 Å². The Morgan fingerprint density at radius 1 is 1.04 bits per heavy atom. The number of benzene rings is 2. The fraction of sp³-hybridized carbons (Fsp3) is 0.235. The van der Waals surface area contributed by atoms with Crippen molar-refractivity contribution in [1.82, 2.24) is 5.32 Å². The second-order valence-electron chi connectivity index (χ2n) is 5.73. The first-order valence-electron chi connectivity index (χ1n) is 7.52. The summed E-state index contributed by atoms with van der Waals surface area (Å²) >= 11 is 0. The molecule has 0 heterocycles. The van der Waals surface area contributed by atoms with Gasteiger partial charge in [-0.15, -0.1) is 0 Å². The van der Waals surface area contributed by atoms with Gasteiger partial charge in [0.15, 0.2) is 0 Å². The van der Waals surface area contributed by atoms with Crippen LogP contribution in [0.2, 0.25) is 0 Å². The van der Waals surface area contributed by atoms with Crippen LogP contribution in [0, 0.1) is 0 Å². The SMILES string of the molecule is C[C@@H](NC(=O)c1ccccc1NS(C)(=O)=O)c1ccc(C(F)(F)F)cc1. The number of hydrogen-bond donors (Lipinski definition) is 2. The van der Waals surface area contributed by atoms with Gasteiger partial charge in [0.2, 0.25) is 10.0 Å². The van der Waals surface area contributed by atoms with E-state index in [9.17, 15) is 26.4 Å². The molecule has 1 amide bonds. The lowest BCUT2D eigenvalue weighted by atomic mass is 10.0. The summed E-state index contributed by atoms with van der Waals surface area (Å²) in [6.07, 6.45) is -3.46. The van der Waals surface area contributed by atoms with E-state index in [2.05, 4.69) is 10.0 Å². The van der Waals surface area contributed by atoms with Crippen molar-refractivity contribution in [2.45, 2.75) is 19.1 Å². The molecule has 0 aliphatic heterocycles. The van der Waals surface area contributed by atoms with Crippen LogP contribution in [0.15, 0.2) is 48.5 Å². The highest BCUT2D eigenvalue weighted by molar-refractivity contribution is 7.92. The minimum absolute atomic E-state index is 0.108. The summed E-state index contributed by atoms with van der Waals surface area (Å²) in [6, 6.07) is 9.92. The molecule has 0 unspecified atom stereocenters. The van der Waals surface area contributed by atoms with Crippen LogP contribution in [0.25, 0.3) is 0 Å². The number of nitrogens with one attached hydrogen (secondary N) is 2. The van der Waals surface area contributed by atoms with Crippen LogP contribution >= 0.6 is 0 Å². The van der Waals surface area contributed by atoms with E-state index in [1.807, 2.05) is 0 Å². The molecule has 0 bridgehead atoms. The summed E-state index contributed by atoms with van der Waals surface area (Å²) < 4.78 is 62.9. The second-order valence-corrected chi connectivity index (χ2v) is 7.48. The van der Waals surface area contributed by atoms with Crippen molar-refractivity contribution in [2.75, 3.05) is 11.0 Å². The van der Waals surface area contributed by atoms with E-state index < -0.39 is 33.7 Å². The molecule has 5 nitrogen and oxygen atoms in total. The first kappa shape index (κ1) is 19.8. The van der Waals surface area contributed by atoms with Crippen LogP contribution in [0.4, 0.5) is 18.9 Å². The van der Waals surface area contributed by atoms with E-state index in [-0.39, 0.29) is 11.3 Å². The van der Waals surface area contributed by atoms with E-state index in [1.54, 1.807) is 19.1 Å². The van der Waals surface area contributed by atoms with Crippen LogP contribution in [-0.2, 0) is 16.2 Å². The normalized spacial score (nSPS) is 13.1. The third-order valence-corrected chi connectivity index (χ3v) is 4.14. The van der Waals surface area contributed by atoms with Gasteiger partial charge < -0.3 is 5.32 Å². The number of carbonyl (C=O) groups excluding carboxylic acids is 1. The van der Waals surface area contributed by atoms with Crippen LogP contribution < -0.4 is 10.0 Å². The lowest BCUT2D eigenvalue weighted by Crippen LogP contribution is -2.28. The van der Waals surface area contributed by atoms with Gasteiger partial charge in [0.1, 0.15) is 0 Å². The van der Waals surface area contributed by atoms with Crippen molar-refractivity contribution >= 4 is 21.6 Å².